The van der Waals surface area contributed by atoms with Gasteiger partial charge in [-0.1, -0.05) is 29.5 Å². The number of thiocarbonyl (C=S) groups is 1. The predicted molar refractivity (Wildman–Crippen MR) is 99.2 cm³/mol. The van der Waals surface area contributed by atoms with Gasteiger partial charge in [-0.15, -0.1) is 0 Å². The maximum atomic E-state index is 13.2. The Bertz CT molecular complexity index is 913. The number of nitrogens with one attached hydrogen (secondary N) is 2. The zero-order valence-corrected chi connectivity index (χ0v) is 14.6. The molecule has 0 unspecified atom stereocenters. The molecule has 1 heterocycles. The van der Waals surface area contributed by atoms with E-state index in [1.54, 1.807) is 0 Å². The van der Waals surface area contributed by atoms with Gasteiger partial charge in [-0.25, -0.2) is 9.37 Å². The minimum Gasteiger partial charge on any atom is -0.308 e. The minimum atomic E-state index is -0.473. The number of amides is 1. The highest BCUT2D eigenvalue weighted by molar-refractivity contribution is 7.80. The van der Waals surface area contributed by atoms with E-state index in [9.17, 15) is 9.18 Å². The fraction of sp³-hybridized carbons (Fsp3) is 0.118. The number of aryl methyl sites for hydroxylation is 2. The molecule has 2 aromatic carbocycles. The van der Waals surface area contributed by atoms with Crippen molar-refractivity contribution < 1.29 is 9.18 Å². The van der Waals surface area contributed by atoms with Crippen molar-refractivity contribution in [3.8, 4) is 0 Å². The number of carbonyl (C=O) groups is 1. The summed E-state index contributed by atoms with van der Waals surface area (Å²) in [6, 6.07) is 9.49. The zero-order valence-electron chi connectivity index (χ0n) is 13.0. The third-order valence-electron chi connectivity index (χ3n) is 3.48. The molecule has 0 aliphatic rings. The first-order valence-electron chi connectivity index (χ1n) is 7.18. The van der Waals surface area contributed by atoms with Crippen molar-refractivity contribution >= 4 is 49.9 Å². The topological polar surface area (TPSA) is 54.0 Å². The van der Waals surface area contributed by atoms with Gasteiger partial charge < -0.3 is 5.32 Å². The molecule has 0 radical (unpaired) electrons. The molecule has 0 aliphatic heterocycles. The van der Waals surface area contributed by atoms with E-state index >= 15 is 0 Å². The van der Waals surface area contributed by atoms with E-state index in [1.165, 1.54) is 29.5 Å². The third-order valence-corrected chi connectivity index (χ3v) is 4.79. The molecule has 0 aliphatic carbocycles. The Hall–Kier alpha value is -2.38. The number of hydrogen-bond donors (Lipinski definition) is 2. The molecule has 4 nitrogen and oxygen atoms in total. The monoisotopic (exact) mass is 359 g/mol. The third kappa shape index (κ3) is 3.42. The van der Waals surface area contributed by atoms with Crippen LogP contribution in [0.1, 0.15) is 21.5 Å². The lowest BCUT2D eigenvalue weighted by Crippen LogP contribution is -2.34. The van der Waals surface area contributed by atoms with Gasteiger partial charge in [-0.3, -0.25) is 10.1 Å². The fourth-order valence-corrected chi connectivity index (χ4v) is 3.52. The van der Waals surface area contributed by atoms with E-state index in [1.807, 2.05) is 26.0 Å². The number of fused-ring (bicyclic) bond motifs is 1. The summed E-state index contributed by atoms with van der Waals surface area (Å²) in [4.78, 5) is 16.6. The van der Waals surface area contributed by atoms with Crippen molar-refractivity contribution in [3.05, 3.63) is 58.9 Å². The molecule has 24 heavy (non-hydrogen) atoms. The number of carbonyl (C=O) groups excluding carboxylic acids is 1. The maximum Gasteiger partial charge on any atom is 0.257 e. The van der Waals surface area contributed by atoms with Crippen LogP contribution < -0.4 is 10.6 Å². The van der Waals surface area contributed by atoms with E-state index in [-0.39, 0.29) is 10.7 Å². The molecule has 1 aromatic heterocycles. The summed E-state index contributed by atoms with van der Waals surface area (Å²) in [6.07, 6.45) is 0. The van der Waals surface area contributed by atoms with Crippen LogP contribution in [0.25, 0.3) is 10.2 Å². The number of hydrogen-bond acceptors (Lipinski definition) is 4. The summed E-state index contributed by atoms with van der Waals surface area (Å²) in [5.74, 6) is -0.945. The van der Waals surface area contributed by atoms with Crippen LogP contribution in [0.5, 0.6) is 0 Å². The van der Waals surface area contributed by atoms with Crippen LogP contribution in [0.4, 0.5) is 9.52 Å². The highest BCUT2D eigenvalue weighted by Crippen LogP contribution is 2.30. The Balaban J connectivity index is 1.74. The van der Waals surface area contributed by atoms with Gasteiger partial charge in [-0.05, 0) is 55.4 Å². The number of rotatable bonds is 2. The average molecular weight is 359 g/mol. The second-order valence-electron chi connectivity index (χ2n) is 5.31. The van der Waals surface area contributed by atoms with Crippen LogP contribution >= 0.6 is 23.6 Å². The SMILES string of the molecule is Cc1ccc(C)c2sc(NC(=S)NC(=O)c3cccc(F)c3)nc12. The number of nitrogens with zero attached hydrogens (tertiary/aromatic N) is 1. The van der Waals surface area contributed by atoms with Gasteiger partial charge in [0.2, 0.25) is 0 Å². The molecule has 1 amide bonds. The highest BCUT2D eigenvalue weighted by Gasteiger charge is 2.12. The lowest BCUT2D eigenvalue weighted by atomic mass is 10.1. The van der Waals surface area contributed by atoms with Crippen molar-refractivity contribution in [1.82, 2.24) is 10.3 Å². The van der Waals surface area contributed by atoms with Crippen LogP contribution in [0, 0.1) is 19.7 Å². The number of thiazole rings is 1. The molecular weight excluding hydrogens is 345 g/mol. The molecule has 2 N–H and O–H groups in total. The van der Waals surface area contributed by atoms with Gasteiger partial charge in [0.15, 0.2) is 10.2 Å². The summed E-state index contributed by atoms with van der Waals surface area (Å²) < 4.78 is 14.2. The number of anilines is 1. The molecule has 7 heteroatoms. The molecule has 3 rings (SSSR count). The molecule has 0 bridgehead atoms. The van der Waals surface area contributed by atoms with E-state index < -0.39 is 11.7 Å². The smallest absolute Gasteiger partial charge is 0.257 e. The zero-order chi connectivity index (χ0) is 17.3. The normalized spacial score (nSPS) is 10.6. The predicted octanol–water partition coefficient (Wildman–Crippen LogP) is 4.18. The molecule has 0 fully saturated rings. The highest BCUT2D eigenvalue weighted by atomic mass is 32.1. The average Bonchev–Trinajstić information content (AvgIpc) is 2.96. The molecule has 0 saturated carbocycles. The van der Waals surface area contributed by atoms with Gasteiger partial charge >= 0.3 is 0 Å². The number of aromatic nitrogens is 1. The van der Waals surface area contributed by atoms with Gasteiger partial charge in [-0.2, -0.15) is 0 Å². The molecule has 3 aromatic rings. The van der Waals surface area contributed by atoms with Crippen molar-refractivity contribution in [2.24, 2.45) is 0 Å². The molecule has 0 saturated heterocycles. The molecule has 0 spiro atoms. The van der Waals surface area contributed by atoms with Crippen LogP contribution in [0.3, 0.4) is 0 Å². The summed E-state index contributed by atoms with van der Waals surface area (Å²) in [6.45, 7) is 4.02. The van der Waals surface area contributed by atoms with Crippen molar-refractivity contribution in [2.45, 2.75) is 13.8 Å². The maximum absolute atomic E-state index is 13.2. The Morgan fingerprint density at radius 3 is 2.67 bits per heavy atom. The first-order valence-corrected chi connectivity index (χ1v) is 8.41. The Morgan fingerprint density at radius 2 is 1.96 bits per heavy atom. The van der Waals surface area contributed by atoms with E-state index in [0.717, 1.165) is 27.4 Å². The Kier molecular flexibility index (Phi) is 4.55. The van der Waals surface area contributed by atoms with Crippen molar-refractivity contribution in [3.63, 3.8) is 0 Å². The number of halogens is 1. The lowest BCUT2D eigenvalue weighted by molar-refractivity contribution is 0.0977. The minimum absolute atomic E-state index is 0.124. The lowest BCUT2D eigenvalue weighted by Gasteiger charge is -2.07. The standard InChI is InChI=1S/C17H14FN3OS2/c1-9-6-7-10(2)14-13(9)19-17(24-14)21-16(23)20-15(22)11-4-3-5-12(18)8-11/h3-8H,1-2H3,(H2,19,20,21,22,23). The van der Waals surface area contributed by atoms with Crippen molar-refractivity contribution in [2.75, 3.05) is 5.32 Å². The van der Waals surface area contributed by atoms with Crippen molar-refractivity contribution in [1.29, 1.82) is 0 Å². The van der Waals surface area contributed by atoms with Gasteiger partial charge in [0, 0.05) is 5.56 Å². The Morgan fingerprint density at radius 1 is 1.21 bits per heavy atom. The summed E-state index contributed by atoms with van der Waals surface area (Å²) in [5, 5.41) is 6.17. The van der Waals surface area contributed by atoms with Gasteiger partial charge in [0.25, 0.3) is 5.91 Å². The van der Waals surface area contributed by atoms with E-state index in [0.29, 0.717) is 5.13 Å². The van der Waals surface area contributed by atoms with Gasteiger partial charge in [0.1, 0.15) is 5.82 Å². The van der Waals surface area contributed by atoms with Crippen LogP contribution in [-0.4, -0.2) is 16.0 Å². The van der Waals surface area contributed by atoms with E-state index in [2.05, 4.69) is 15.6 Å². The first-order chi connectivity index (χ1) is 11.4. The fourth-order valence-electron chi connectivity index (χ4n) is 2.25. The summed E-state index contributed by atoms with van der Waals surface area (Å²) in [5.41, 5.74) is 3.34. The van der Waals surface area contributed by atoms with Crippen LogP contribution in [0.2, 0.25) is 0 Å². The van der Waals surface area contributed by atoms with E-state index in [4.69, 9.17) is 12.2 Å². The second-order valence-corrected chi connectivity index (χ2v) is 6.72. The van der Waals surface area contributed by atoms with Crippen LogP contribution in [0.15, 0.2) is 36.4 Å². The summed E-state index contributed by atoms with van der Waals surface area (Å²) >= 11 is 6.62. The first kappa shape index (κ1) is 16.5. The Labute approximate surface area is 147 Å². The number of benzene rings is 2. The van der Waals surface area contributed by atoms with Gasteiger partial charge in [0.05, 0.1) is 10.2 Å². The molecule has 0 atom stereocenters. The summed E-state index contributed by atoms with van der Waals surface area (Å²) in [7, 11) is 0. The quantitative estimate of drug-likeness (QED) is 0.674. The van der Waals surface area contributed by atoms with Crippen LogP contribution in [-0.2, 0) is 0 Å². The molecular formula is C17H14FN3OS2. The molecule has 122 valence electrons. The largest absolute Gasteiger partial charge is 0.308 e. The second kappa shape index (κ2) is 6.62.